The molecule has 0 rings (SSSR count). The lowest BCUT2D eigenvalue weighted by atomic mass is 10.2. The Morgan fingerprint density at radius 3 is 1.73 bits per heavy atom. The van der Waals surface area contributed by atoms with Crippen molar-refractivity contribution in [2.75, 3.05) is 6.54 Å². The molecule has 0 radical (unpaired) electrons. The zero-order valence-corrected chi connectivity index (χ0v) is 16.2. The standard InChI is InChI=1S/C22H35NO3/c1-2-3-4-5-6-7-8-9-10-11-12-13-14-15-16-17-18-19-21(24)26-22(25)20-23/h6-7,9-10,12-13,15-16H,2-5,8,11,14,17-20,23H2,1H3/b7-6-,10-9-,13-12-,16-15-. The first-order valence-corrected chi connectivity index (χ1v) is 9.74. The lowest BCUT2D eigenvalue weighted by molar-refractivity contribution is -0.158. The van der Waals surface area contributed by atoms with Gasteiger partial charge in [-0.25, -0.2) is 0 Å². The van der Waals surface area contributed by atoms with Crippen LogP contribution in [0.1, 0.15) is 71.1 Å². The lowest BCUT2D eigenvalue weighted by Gasteiger charge is -1.99. The maximum Gasteiger partial charge on any atom is 0.327 e. The Labute approximate surface area is 158 Å². The molecule has 26 heavy (non-hydrogen) atoms. The minimum atomic E-state index is -0.673. The fraction of sp³-hybridized carbons (Fsp3) is 0.545. The van der Waals surface area contributed by atoms with Crippen molar-refractivity contribution in [3.8, 4) is 0 Å². The van der Waals surface area contributed by atoms with Gasteiger partial charge in [0.2, 0.25) is 0 Å². The Balaban J connectivity index is 3.51. The summed E-state index contributed by atoms with van der Waals surface area (Å²) >= 11 is 0. The highest BCUT2D eigenvalue weighted by molar-refractivity contribution is 5.86. The number of nitrogens with two attached hydrogens (primary N) is 1. The number of rotatable bonds is 15. The molecule has 0 aromatic heterocycles. The first-order chi connectivity index (χ1) is 12.7. The Kier molecular flexibility index (Phi) is 17.9. The number of allylic oxidation sites excluding steroid dienone is 8. The third-order valence-electron chi connectivity index (χ3n) is 3.60. The van der Waals surface area contributed by atoms with E-state index < -0.39 is 11.9 Å². The highest BCUT2D eigenvalue weighted by Gasteiger charge is 2.06. The number of esters is 2. The first-order valence-electron chi connectivity index (χ1n) is 9.74. The molecule has 0 saturated carbocycles. The van der Waals surface area contributed by atoms with Crippen LogP contribution in [0.4, 0.5) is 0 Å². The van der Waals surface area contributed by atoms with Gasteiger partial charge in [-0.2, -0.15) is 0 Å². The van der Waals surface area contributed by atoms with E-state index in [1.807, 2.05) is 6.08 Å². The summed E-state index contributed by atoms with van der Waals surface area (Å²) in [4.78, 5) is 22.0. The van der Waals surface area contributed by atoms with Gasteiger partial charge in [-0.1, -0.05) is 68.4 Å². The summed E-state index contributed by atoms with van der Waals surface area (Å²) in [5.74, 6) is -1.18. The van der Waals surface area contributed by atoms with Crippen LogP contribution in [-0.4, -0.2) is 18.5 Å². The van der Waals surface area contributed by atoms with Crippen molar-refractivity contribution >= 4 is 11.9 Å². The van der Waals surface area contributed by atoms with Crippen LogP contribution < -0.4 is 5.73 Å². The Morgan fingerprint density at radius 1 is 0.731 bits per heavy atom. The largest absolute Gasteiger partial charge is 0.392 e. The molecule has 0 heterocycles. The molecule has 4 nitrogen and oxygen atoms in total. The Bertz CT molecular complexity index is 476. The molecule has 0 bridgehead atoms. The van der Waals surface area contributed by atoms with E-state index in [0.717, 1.165) is 25.7 Å². The number of carbonyl (C=O) groups excluding carboxylic acids is 2. The topological polar surface area (TPSA) is 69.4 Å². The second-order valence-corrected chi connectivity index (χ2v) is 6.03. The third kappa shape index (κ3) is 18.4. The normalized spacial score (nSPS) is 12.1. The molecule has 0 spiro atoms. The number of hydrogen-bond donors (Lipinski definition) is 1. The SMILES string of the molecule is CCCCC/C=C\C/C=C\C/C=C\C/C=C\CCCC(=O)OC(=O)CN. The van der Waals surface area contributed by atoms with Crippen LogP contribution in [0.2, 0.25) is 0 Å². The number of hydrogen-bond acceptors (Lipinski definition) is 4. The smallest absolute Gasteiger partial charge is 0.327 e. The summed E-state index contributed by atoms with van der Waals surface area (Å²) in [7, 11) is 0. The minimum absolute atomic E-state index is 0.240. The summed E-state index contributed by atoms with van der Waals surface area (Å²) in [6.07, 6.45) is 27.0. The lowest BCUT2D eigenvalue weighted by Crippen LogP contribution is -2.20. The fourth-order valence-corrected chi connectivity index (χ4v) is 2.14. The maximum absolute atomic E-state index is 11.2. The van der Waals surface area contributed by atoms with Crippen molar-refractivity contribution in [3.05, 3.63) is 48.6 Å². The van der Waals surface area contributed by atoms with Gasteiger partial charge >= 0.3 is 11.9 Å². The van der Waals surface area contributed by atoms with E-state index in [9.17, 15) is 9.59 Å². The van der Waals surface area contributed by atoms with Gasteiger partial charge in [-0.15, -0.1) is 0 Å². The molecule has 0 fully saturated rings. The maximum atomic E-state index is 11.2. The van der Waals surface area contributed by atoms with Crippen molar-refractivity contribution in [3.63, 3.8) is 0 Å². The minimum Gasteiger partial charge on any atom is -0.392 e. The molecule has 0 aliphatic rings. The predicted octanol–water partition coefficient (Wildman–Crippen LogP) is 5.16. The van der Waals surface area contributed by atoms with Gasteiger partial charge < -0.3 is 10.5 Å². The van der Waals surface area contributed by atoms with Crippen LogP contribution in [0, 0.1) is 0 Å². The van der Waals surface area contributed by atoms with Gasteiger partial charge in [0, 0.05) is 6.42 Å². The number of carbonyl (C=O) groups is 2. The molecular formula is C22H35NO3. The monoisotopic (exact) mass is 361 g/mol. The molecule has 0 aliphatic carbocycles. The van der Waals surface area contributed by atoms with Crippen molar-refractivity contribution in [1.29, 1.82) is 0 Å². The van der Waals surface area contributed by atoms with Crippen LogP contribution in [0.3, 0.4) is 0 Å². The summed E-state index contributed by atoms with van der Waals surface area (Å²) < 4.78 is 4.48. The third-order valence-corrected chi connectivity index (χ3v) is 3.60. The molecule has 0 atom stereocenters. The van der Waals surface area contributed by atoms with E-state index in [1.54, 1.807) is 0 Å². The van der Waals surface area contributed by atoms with Crippen LogP contribution in [0.5, 0.6) is 0 Å². The Morgan fingerprint density at radius 2 is 1.23 bits per heavy atom. The molecule has 4 heteroatoms. The van der Waals surface area contributed by atoms with Crippen molar-refractivity contribution in [1.82, 2.24) is 0 Å². The van der Waals surface area contributed by atoms with Gasteiger partial charge in [0.1, 0.15) is 0 Å². The van der Waals surface area contributed by atoms with Crippen LogP contribution in [0.15, 0.2) is 48.6 Å². The van der Waals surface area contributed by atoms with Crippen molar-refractivity contribution in [2.24, 2.45) is 5.73 Å². The van der Waals surface area contributed by atoms with Gasteiger partial charge in [-0.3, -0.25) is 9.59 Å². The van der Waals surface area contributed by atoms with Gasteiger partial charge in [0.15, 0.2) is 0 Å². The molecule has 0 aliphatic heterocycles. The van der Waals surface area contributed by atoms with Gasteiger partial charge in [-0.05, 0) is 44.9 Å². The Hall–Kier alpha value is -1.94. The molecule has 2 N–H and O–H groups in total. The average Bonchev–Trinajstić information content (AvgIpc) is 2.64. The van der Waals surface area contributed by atoms with Crippen molar-refractivity contribution < 1.29 is 14.3 Å². The quantitative estimate of drug-likeness (QED) is 0.189. The molecule has 0 aromatic carbocycles. The zero-order valence-electron chi connectivity index (χ0n) is 16.2. The highest BCUT2D eigenvalue weighted by atomic mass is 16.6. The summed E-state index contributed by atoms with van der Waals surface area (Å²) in [5, 5.41) is 0. The van der Waals surface area contributed by atoms with Crippen molar-refractivity contribution in [2.45, 2.75) is 71.1 Å². The summed E-state index contributed by atoms with van der Waals surface area (Å²) in [6.45, 7) is 1.96. The predicted molar refractivity (Wildman–Crippen MR) is 109 cm³/mol. The second kappa shape index (κ2) is 19.4. The molecule has 0 unspecified atom stereocenters. The molecular weight excluding hydrogens is 326 g/mol. The summed E-state index contributed by atoms with van der Waals surface area (Å²) in [5.41, 5.74) is 5.06. The molecule has 0 amide bonds. The first kappa shape index (κ1) is 24.1. The van der Waals surface area contributed by atoms with E-state index in [0.29, 0.717) is 6.42 Å². The zero-order chi connectivity index (χ0) is 19.3. The highest BCUT2D eigenvalue weighted by Crippen LogP contribution is 2.02. The van der Waals surface area contributed by atoms with Crippen LogP contribution in [-0.2, 0) is 14.3 Å². The van der Waals surface area contributed by atoms with E-state index in [2.05, 4.69) is 54.2 Å². The van der Waals surface area contributed by atoms with Gasteiger partial charge in [0.25, 0.3) is 0 Å². The van der Waals surface area contributed by atoms with Crippen LogP contribution >= 0.6 is 0 Å². The molecule has 146 valence electrons. The van der Waals surface area contributed by atoms with E-state index >= 15 is 0 Å². The number of unbranched alkanes of at least 4 members (excludes halogenated alkanes) is 4. The second-order valence-electron chi connectivity index (χ2n) is 6.03. The molecule has 0 aromatic rings. The number of ether oxygens (including phenoxy) is 1. The van der Waals surface area contributed by atoms with Crippen LogP contribution in [0.25, 0.3) is 0 Å². The van der Waals surface area contributed by atoms with Gasteiger partial charge in [0.05, 0.1) is 6.54 Å². The van der Waals surface area contributed by atoms with E-state index in [-0.39, 0.29) is 13.0 Å². The fourth-order valence-electron chi connectivity index (χ4n) is 2.14. The van der Waals surface area contributed by atoms with E-state index in [4.69, 9.17) is 5.73 Å². The van der Waals surface area contributed by atoms with E-state index in [1.165, 1.54) is 25.7 Å². The molecule has 0 saturated heterocycles. The summed E-state index contributed by atoms with van der Waals surface area (Å²) in [6, 6.07) is 0. The average molecular weight is 362 g/mol.